The number of imidazole rings is 1. The Kier molecular flexibility index (Phi) is 5.22. The van der Waals surface area contributed by atoms with Gasteiger partial charge in [-0.1, -0.05) is 26.0 Å². The maximum Gasteiger partial charge on any atom is 0.242 e. The minimum Gasteiger partial charge on any atom is -0.353 e. The maximum atomic E-state index is 12.9. The normalized spacial score (nSPS) is 14.8. The van der Waals surface area contributed by atoms with Gasteiger partial charge in [0.15, 0.2) is 0 Å². The van der Waals surface area contributed by atoms with Crippen LogP contribution in [-0.4, -0.2) is 56.5 Å². The standard InChI is InChI=1S/C22H28N6O/c1-15(2)22-23-16(3)13-20(25-22)26-9-11-27(12-10-26)21(29)14-28-17(4)24-18-7-5-6-8-19(18)28/h5-8,13,15H,9-12,14H2,1-4H3. The number of rotatable bonds is 4. The van der Waals surface area contributed by atoms with E-state index >= 15 is 0 Å². The Bertz CT molecular complexity index is 1030. The van der Waals surface area contributed by atoms with Gasteiger partial charge in [-0.05, 0) is 26.0 Å². The second-order valence-electron chi connectivity index (χ2n) is 7.98. The molecule has 0 saturated carbocycles. The topological polar surface area (TPSA) is 67.2 Å². The number of nitrogens with zero attached hydrogens (tertiary/aromatic N) is 6. The number of carbonyl (C=O) groups excluding carboxylic acids is 1. The van der Waals surface area contributed by atoms with Crippen LogP contribution in [0.5, 0.6) is 0 Å². The van der Waals surface area contributed by atoms with E-state index in [0.717, 1.165) is 47.3 Å². The molecule has 1 saturated heterocycles. The van der Waals surface area contributed by atoms with E-state index in [1.165, 1.54) is 0 Å². The number of amides is 1. The number of para-hydroxylation sites is 2. The average Bonchev–Trinajstić information content (AvgIpc) is 3.03. The van der Waals surface area contributed by atoms with Crippen LogP contribution in [0.15, 0.2) is 30.3 Å². The fourth-order valence-corrected chi connectivity index (χ4v) is 3.81. The fraction of sp³-hybridized carbons (Fsp3) is 0.455. The summed E-state index contributed by atoms with van der Waals surface area (Å²) < 4.78 is 2.01. The quantitative estimate of drug-likeness (QED) is 0.683. The van der Waals surface area contributed by atoms with Gasteiger partial charge in [-0.15, -0.1) is 0 Å². The molecule has 0 bridgehead atoms. The SMILES string of the molecule is Cc1cc(N2CCN(C(=O)Cn3c(C)nc4ccccc43)CC2)nc(C(C)C)n1. The van der Waals surface area contributed by atoms with Gasteiger partial charge in [0.2, 0.25) is 5.91 Å². The Morgan fingerprint density at radius 1 is 1.03 bits per heavy atom. The van der Waals surface area contributed by atoms with E-state index in [2.05, 4.69) is 28.7 Å². The van der Waals surface area contributed by atoms with Crippen molar-refractivity contribution < 1.29 is 4.79 Å². The molecule has 1 amide bonds. The van der Waals surface area contributed by atoms with Crippen molar-refractivity contribution in [3.8, 4) is 0 Å². The molecule has 1 aliphatic heterocycles. The van der Waals surface area contributed by atoms with E-state index in [0.29, 0.717) is 25.6 Å². The third-order valence-corrected chi connectivity index (χ3v) is 5.47. The molecule has 0 aliphatic carbocycles. The Balaban J connectivity index is 1.43. The highest BCUT2D eigenvalue weighted by atomic mass is 16.2. The lowest BCUT2D eigenvalue weighted by Crippen LogP contribution is -2.50. The van der Waals surface area contributed by atoms with Crippen molar-refractivity contribution in [3.63, 3.8) is 0 Å². The molecular weight excluding hydrogens is 364 g/mol. The molecule has 1 fully saturated rings. The predicted molar refractivity (Wildman–Crippen MR) is 114 cm³/mol. The van der Waals surface area contributed by atoms with Gasteiger partial charge in [-0.25, -0.2) is 15.0 Å². The van der Waals surface area contributed by atoms with Crippen molar-refractivity contribution in [1.82, 2.24) is 24.4 Å². The lowest BCUT2D eigenvalue weighted by atomic mass is 10.2. The fourth-order valence-electron chi connectivity index (χ4n) is 3.81. The average molecular weight is 393 g/mol. The highest BCUT2D eigenvalue weighted by Gasteiger charge is 2.23. The van der Waals surface area contributed by atoms with Gasteiger partial charge in [0.25, 0.3) is 0 Å². The molecule has 1 aliphatic rings. The lowest BCUT2D eigenvalue weighted by Gasteiger charge is -2.35. The van der Waals surface area contributed by atoms with Crippen molar-refractivity contribution in [2.75, 3.05) is 31.1 Å². The zero-order chi connectivity index (χ0) is 20.5. The highest BCUT2D eigenvalue weighted by molar-refractivity contribution is 5.81. The largest absolute Gasteiger partial charge is 0.353 e. The monoisotopic (exact) mass is 392 g/mol. The first-order chi connectivity index (χ1) is 13.9. The second kappa shape index (κ2) is 7.81. The first-order valence-corrected chi connectivity index (χ1v) is 10.2. The van der Waals surface area contributed by atoms with Gasteiger partial charge < -0.3 is 14.4 Å². The number of fused-ring (bicyclic) bond motifs is 1. The molecule has 152 valence electrons. The smallest absolute Gasteiger partial charge is 0.242 e. The summed E-state index contributed by atoms with van der Waals surface area (Å²) >= 11 is 0. The van der Waals surface area contributed by atoms with Crippen LogP contribution < -0.4 is 4.90 Å². The van der Waals surface area contributed by atoms with Crippen LogP contribution in [0.1, 0.15) is 37.1 Å². The van der Waals surface area contributed by atoms with Crippen LogP contribution in [0.25, 0.3) is 11.0 Å². The number of hydrogen-bond donors (Lipinski definition) is 0. The number of piperazine rings is 1. The summed E-state index contributed by atoms with van der Waals surface area (Å²) in [5.41, 5.74) is 2.93. The predicted octanol–water partition coefficient (Wildman–Crippen LogP) is 2.92. The van der Waals surface area contributed by atoms with Crippen LogP contribution in [-0.2, 0) is 11.3 Å². The Hall–Kier alpha value is -2.96. The van der Waals surface area contributed by atoms with E-state index in [9.17, 15) is 4.79 Å². The molecule has 0 N–H and O–H groups in total. The summed E-state index contributed by atoms with van der Waals surface area (Å²) in [7, 11) is 0. The van der Waals surface area contributed by atoms with Gasteiger partial charge in [0.1, 0.15) is 24.0 Å². The molecule has 4 rings (SSSR count). The number of aryl methyl sites for hydroxylation is 2. The number of anilines is 1. The van der Waals surface area contributed by atoms with Crippen LogP contribution in [0, 0.1) is 13.8 Å². The molecule has 0 unspecified atom stereocenters. The number of carbonyl (C=O) groups is 1. The summed E-state index contributed by atoms with van der Waals surface area (Å²) in [4.78, 5) is 31.0. The Morgan fingerprint density at radius 3 is 2.48 bits per heavy atom. The highest BCUT2D eigenvalue weighted by Crippen LogP contribution is 2.20. The summed E-state index contributed by atoms with van der Waals surface area (Å²) in [5, 5.41) is 0. The van der Waals surface area contributed by atoms with E-state index in [1.54, 1.807) is 0 Å². The zero-order valence-electron chi connectivity index (χ0n) is 17.6. The van der Waals surface area contributed by atoms with Crippen molar-refractivity contribution >= 4 is 22.8 Å². The lowest BCUT2D eigenvalue weighted by molar-refractivity contribution is -0.132. The van der Waals surface area contributed by atoms with Crippen LogP contribution in [0.4, 0.5) is 5.82 Å². The van der Waals surface area contributed by atoms with Crippen LogP contribution in [0.2, 0.25) is 0 Å². The van der Waals surface area contributed by atoms with Gasteiger partial charge in [-0.2, -0.15) is 0 Å². The molecule has 3 heterocycles. The Morgan fingerprint density at radius 2 is 1.76 bits per heavy atom. The summed E-state index contributed by atoms with van der Waals surface area (Å²) in [6.07, 6.45) is 0. The van der Waals surface area contributed by atoms with Crippen LogP contribution >= 0.6 is 0 Å². The summed E-state index contributed by atoms with van der Waals surface area (Å²) in [6.45, 7) is 11.5. The van der Waals surface area contributed by atoms with Crippen molar-refractivity contribution in [2.45, 2.75) is 40.2 Å². The van der Waals surface area contributed by atoms with E-state index < -0.39 is 0 Å². The molecule has 0 spiro atoms. The zero-order valence-corrected chi connectivity index (χ0v) is 17.6. The maximum absolute atomic E-state index is 12.9. The number of hydrogen-bond acceptors (Lipinski definition) is 5. The second-order valence-corrected chi connectivity index (χ2v) is 7.98. The Labute approximate surface area is 171 Å². The van der Waals surface area contributed by atoms with Crippen molar-refractivity contribution in [1.29, 1.82) is 0 Å². The molecule has 7 nitrogen and oxygen atoms in total. The molecule has 0 radical (unpaired) electrons. The molecule has 1 aromatic carbocycles. The molecule has 7 heteroatoms. The minimum atomic E-state index is 0.137. The number of benzene rings is 1. The summed E-state index contributed by atoms with van der Waals surface area (Å²) in [6, 6.07) is 9.99. The summed E-state index contributed by atoms with van der Waals surface area (Å²) in [5.74, 6) is 3.14. The molecular formula is C22H28N6O. The van der Waals surface area contributed by atoms with Crippen molar-refractivity contribution in [3.05, 3.63) is 47.7 Å². The van der Waals surface area contributed by atoms with Gasteiger partial charge in [0, 0.05) is 43.9 Å². The molecule has 0 atom stereocenters. The van der Waals surface area contributed by atoms with E-state index in [1.807, 2.05) is 53.6 Å². The first kappa shape index (κ1) is 19.4. The third-order valence-electron chi connectivity index (χ3n) is 5.47. The first-order valence-electron chi connectivity index (χ1n) is 10.2. The molecule has 2 aromatic heterocycles. The minimum absolute atomic E-state index is 0.137. The molecule has 29 heavy (non-hydrogen) atoms. The van der Waals surface area contributed by atoms with Crippen LogP contribution in [0.3, 0.4) is 0 Å². The van der Waals surface area contributed by atoms with Gasteiger partial charge >= 0.3 is 0 Å². The van der Waals surface area contributed by atoms with E-state index in [4.69, 9.17) is 4.98 Å². The number of aromatic nitrogens is 4. The van der Waals surface area contributed by atoms with Gasteiger partial charge in [0.05, 0.1) is 11.0 Å². The molecule has 3 aromatic rings. The third kappa shape index (κ3) is 3.95. The van der Waals surface area contributed by atoms with Crippen molar-refractivity contribution in [2.24, 2.45) is 0 Å². The van der Waals surface area contributed by atoms with Gasteiger partial charge in [-0.3, -0.25) is 4.79 Å². The van der Waals surface area contributed by atoms with E-state index in [-0.39, 0.29) is 5.91 Å².